The van der Waals surface area contributed by atoms with Gasteiger partial charge in [0.2, 0.25) is 0 Å². The van der Waals surface area contributed by atoms with E-state index in [-0.39, 0.29) is 11.7 Å². The molecule has 6 nitrogen and oxygen atoms in total. The van der Waals surface area contributed by atoms with Crippen LogP contribution < -0.4 is 5.32 Å². The molecule has 0 aromatic heterocycles. The monoisotopic (exact) mass is 492 g/mol. The molecule has 0 spiro atoms. The first-order chi connectivity index (χ1) is 16.4. The van der Waals surface area contributed by atoms with Crippen molar-refractivity contribution in [1.29, 1.82) is 5.26 Å². The Morgan fingerprint density at radius 3 is 2.46 bits per heavy atom. The fourth-order valence-electron chi connectivity index (χ4n) is 4.33. The molecule has 1 fully saturated rings. The predicted octanol–water partition coefficient (Wildman–Crippen LogP) is 4.94. The van der Waals surface area contributed by atoms with Gasteiger partial charge in [0.1, 0.15) is 5.82 Å². The second-order valence-corrected chi connectivity index (χ2v) is 9.07. The average Bonchev–Trinajstić information content (AvgIpc) is 2.80. The number of anilines is 1. The number of halogens is 4. The molecule has 0 unspecified atom stereocenters. The molecule has 2 aromatic carbocycles. The number of amides is 2. The van der Waals surface area contributed by atoms with Crippen molar-refractivity contribution in [2.45, 2.75) is 43.5 Å². The van der Waals surface area contributed by atoms with E-state index in [4.69, 9.17) is 5.26 Å². The molecular formula is C25H28F4N4O2. The number of aliphatic hydroxyl groups is 1. The highest BCUT2D eigenvalue weighted by Crippen LogP contribution is 2.39. The van der Waals surface area contributed by atoms with Crippen molar-refractivity contribution in [3.8, 4) is 6.07 Å². The van der Waals surface area contributed by atoms with E-state index in [0.717, 1.165) is 6.07 Å². The predicted molar refractivity (Wildman–Crippen MR) is 123 cm³/mol. The number of nitrogens with one attached hydrogen (secondary N) is 1. The number of urea groups is 1. The third-order valence-electron chi connectivity index (χ3n) is 6.32. The van der Waals surface area contributed by atoms with Gasteiger partial charge in [0.05, 0.1) is 22.8 Å². The average molecular weight is 493 g/mol. The molecule has 1 saturated carbocycles. The van der Waals surface area contributed by atoms with E-state index >= 15 is 0 Å². The first kappa shape index (κ1) is 26.4. The first-order valence-electron chi connectivity index (χ1n) is 11.2. The molecule has 2 N–H and O–H groups in total. The Balaban J connectivity index is 1.76. The number of nitrogens with zero attached hydrogens (tertiary/aromatic N) is 3. The Bertz CT molecular complexity index is 1090. The maximum absolute atomic E-state index is 13.6. The normalized spacial score (nSPS) is 20.4. The van der Waals surface area contributed by atoms with Gasteiger partial charge < -0.3 is 20.2 Å². The van der Waals surface area contributed by atoms with Gasteiger partial charge in [0, 0.05) is 24.8 Å². The summed E-state index contributed by atoms with van der Waals surface area (Å²) < 4.78 is 52.9. The molecule has 0 atom stereocenters. The van der Waals surface area contributed by atoms with E-state index < -0.39 is 29.2 Å². The summed E-state index contributed by atoms with van der Waals surface area (Å²) in [6.45, 7) is 0.842. The van der Waals surface area contributed by atoms with Crippen LogP contribution in [0.25, 0.3) is 0 Å². The minimum Gasteiger partial charge on any atom is -0.385 e. The highest BCUT2D eigenvalue weighted by molar-refractivity contribution is 5.89. The summed E-state index contributed by atoms with van der Waals surface area (Å²) in [5.74, 6) is -1.41. The molecule has 1 aliphatic carbocycles. The second-order valence-electron chi connectivity index (χ2n) is 9.07. The largest absolute Gasteiger partial charge is 0.419 e. The van der Waals surface area contributed by atoms with Crippen molar-refractivity contribution in [3.63, 3.8) is 0 Å². The fourth-order valence-corrected chi connectivity index (χ4v) is 4.33. The number of nitriles is 1. The topological polar surface area (TPSA) is 79.6 Å². The van der Waals surface area contributed by atoms with Gasteiger partial charge in [-0.25, -0.2) is 9.18 Å². The van der Waals surface area contributed by atoms with Crippen molar-refractivity contribution < 1.29 is 27.5 Å². The van der Waals surface area contributed by atoms with Crippen LogP contribution in [0.3, 0.4) is 0 Å². The Hall–Kier alpha value is -3.16. The Morgan fingerprint density at radius 2 is 1.86 bits per heavy atom. The van der Waals surface area contributed by atoms with Crippen LogP contribution in [0.15, 0.2) is 42.5 Å². The summed E-state index contributed by atoms with van der Waals surface area (Å²) in [6, 6.07) is 10.4. The van der Waals surface area contributed by atoms with E-state index in [1.807, 2.05) is 19.0 Å². The number of likely N-dealkylation sites (N-methyl/N-ethyl adjacent to an activating group) is 1. The number of benzene rings is 2. The number of hydrogen-bond acceptors (Lipinski definition) is 4. The zero-order valence-electron chi connectivity index (χ0n) is 19.6. The third kappa shape index (κ3) is 6.50. The summed E-state index contributed by atoms with van der Waals surface area (Å²) in [5, 5.41) is 22.8. The summed E-state index contributed by atoms with van der Waals surface area (Å²) in [6.07, 6.45) is -3.25. The van der Waals surface area contributed by atoms with Crippen LogP contribution in [-0.4, -0.2) is 54.2 Å². The zero-order valence-corrected chi connectivity index (χ0v) is 19.6. The van der Waals surface area contributed by atoms with Gasteiger partial charge in [-0.15, -0.1) is 0 Å². The van der Waals surface area contributed by atoms with Crippen LogP contribution in [0.4, 0.5) is 28.0 Å². The molecule has 0 heterocycles. The van der Waals surface area contributed by atoms with E-state index in [2.05, 4.69) is 11.4 Å². The number of carbonyl (C=O) groups is 1. The van der Waals surface area contributed by atoms with E-state index in [0.29, 0.717) is 62.0 Å². The van der Waals surface area contributed by atoms with Crippen molar-refractivity contribution >= 4 is 11.7 Å². The number of carbonyl (C=O) groups excluding carboxylic acids is 1. The molecule has 2 amide bonds. The molecule has 2 aromatic rings. The quantitative estimate of drug-likeness (QED) is 0.560. The molecule has 10 heteroatoms. The Kier molecular flexibility index (Phi) is 8.03. The van der Waals surface area contributed by atoms with Crippen LogP contribution in [0, 0.1) is 17.1 Å². The van der Waals surface area contributed by atoms with Crippen LogP contribution in [-0.2, 0) is 11.8 Å². The van der Waals surface area contributed by atoms with Crippen LogP contribution >= 0.6 is 0 Å². The number of rotatable bonds is 6. The smallest absolute Gasteiger partial charge is 0.385 e. The Morgan fingerprint density at radius 1 is 1.17 bits per heavy atom. The van der Waals surface area contributed by atoms with Crippen molar-refractivity contribution in [2.24, 2.45) is 0 Å². The minimum absolute atomic E-state index is 0.154. The molecule has 35 heavy (non-hydrogen) atoms. The van der Waals surface area contributed by atoms with E-state index in [9.17, 15) is 27.5 Å². The molecule has 1 aliphatic rings. The highest BCUT2D eigenvalue weighted by Gasteiger charge is 2.38. The SMILES string of the molecule is CN(C)CCN(C(=O)Nc1ccc(F)c(C(F)(F)F)c1)C1CCC(O)(c2cccc(C#N)c2)CC1. The first-order valence-corrected chi connectivity index (χ1v) is 11.2. The van der Waals surface area contributed by atoms with Gasteiger partial charge in [-0.3, -0.25) is 0 Å². The second kappa shape index (κ2) is 10.6. The lowest BCUT2D eigenvalue weighted by Gasteiger charge is -2.41. The lowest BCUT2D eigenvalue weighted by atomic mass is 9.77. The molecule has 0 radical (unpaired) electrons. The molecule has 0 saturated heterocycles. The van der Waals surface area contributed by atoms with Crippen molar-refractivity contribution in [2.75, 3.05) is 32.5 Å². The van der Waals surface area contributed by atoms with Gasteiger partial charge >= 0.3 is 12.2 Å². The zero-order chi connectivity index (χ0) is 25.8. The summed E-state index contributed by atoms with van der Waals surface area (Å²) in [5.41, 5.74) is -1.64. The maximum Gasteiger partial charge on any atom is 0.419 e. The Labute approximate surface area is 201 Å². The minimum atomic E-state index is -4.88. The standard InChI is InChI=1S/C25H28F4N4O2/c1-32(2)12-13-33(23(34)31-19-6-7-22(26)21(15-19)25(27,28)29)20-8-10-24(35,11-9-20)18-5-3-4-17(14-18)16-30/h3-7,14-15,20,35H,8-13H2,1-2H3,(H,31,34). The van der Waals surface area contributed by atoms with Crippen molar-refractivity contribution in [3.05, 3.63) is 65.0 Å². The van der Waals surface area contributed by atoms with Crippen LogP contribution in [0.5, 0.6) is 0 Å². The van der Waals surface area contributed by atoms with Gasteiger partial charge in [-0.2, -0.15) is 18.4 Å². The van der Waals surface area contributed by atoms with Gasteiger partial charge in [-0.05, 0) is 75.7 Å². The van der Waals surface area contributed by atoms with Gasteiger partial charge in [0.25, 0.3) is 0 Å². The van der Waals surface area contributed by atoms with Gasteiger partial charge in [-0.1, -0.05) is 12.1 Å². The summed E-state index contributed by atoms with van der Waals surface area (Å²) >= 11 is 0. The molecular weight excluding hydrogens is 464 g/mol. The van der Waals surface area contributed by atoms with Crippen molar-refractivity contribution in [1.82, 2.24) is 9.80 Å². The maximum atomic E-state index is 13.6. The van der Waals surface area contributed by atoms with E-state index in [1.165, 1.54) is 0 Å². The van der Waals surface area contributed by atoms with E-state index in [1.54, 1.807) is 29.2 Å². The number of alkyl halides is 3. The van der Waals surface area contributed by atoms with Gasteiger partial charge in [0.15, 0.2) is 0 Å². The number of hydrogen-bond donors (Lipinski definition) is 2. The molecule has 0 bridgehead atoms. The lowest BCUT2D eigenvalue weighted by Crippen LogP contribution is -2.49. The van der Waals surface area contributed by atoms with Crippen LogP contribution in [0.2, 0.25) is 0 Å². The molecule has 0 aliphatic heterocycles. The fraction of sp³-hybridized carbons (Fsp3) is 0.440. The van der Waals surface area contributed by atoms with Crippen LogP contribution in [0.1, 0.15) is 42.4 Å². The lowest BCUT2D eigenvalue weighted by molar-refractivity contribution is -0.139. The highest BCUT2D eigenvalue weighted by atomic mass is 19.4. The molecule has 188 valence electrons. The summed E-state index contributed by atoms with van der Waals surface area (Å²) in [4.78, 5) is 16.5. The molecule has 3 rings (SSSR count). The third-order valence-corrected chi connectivity index (χ3v) is 6.32. The summed E-state index contributed by atoms with van der Waals surface area (Å²) in [7, 11) is 3.68.